The van der Waals surface area contributed by atoms with E-state index in [1.807, 2.05) is 44.2 Å². The zero-order valence-corrected chi connectivity index (χ0v) is 15.3. The quantitative estimate of drug-likeness (QED) is 0.666. The molecule has 1 atom stereocenters. The van der Waals surface area contributed by atoms with Crippen molar-refractivity contribution in [1.82, 2.24) is 5.32 Å². The number of benzene rings is 2. The fourth-order valence-corrected chi connectivity index (χ4v) is 2.57. The predicted octanol–water partition coefficient (Wildman–Crippen LogP) is 2.60. The van der Waals surface area contributed by atoms with Gasteiger partial charge in [-0.2, -0.15) is 0 Å². The maximum absolute atomic E-state index is 12.6. The van der Waals surface area contributed by atoms with Gasteiger partial charge >= 0.3 is 0 Å². The Morgan fingerprint density at radius 3 is 2.38 bits per heavy atom. The molecule has 0 aliphatic heterocycles. The van der Waals surface area contributed by atoms with Crippen molar-refractivity contribution in [2.45, 2.75) is 26.3 Å². The number of nitrogens with two attached hydrogens (primary N) is 1. The lowest BCUT2D eigenvalue weighted by atomic mass is 10.0. The minimum Gasteiger partial charge on any atom is -0.495 e. The zero-order valence-electron chi connectivity index (χ0n) is 15.3. The van der Waals surface area contributed by atoms with Gasteiger partial charge < -0.3 is 21.1 Å². The fourth-order valence-electron chi connectivity index (χ4n) is 2.57. The summed E-state index contributed by atoms with van der Waals surface area (Å²) in [5, 5.41) is 5.61. The van der Waals surface area contributed by atoms with E-state index in [1.165, 1.54) is 7.11 Å². The number of anilines is 2. The van der Waals surface area contributed by atoms with Crippen LogP contribution in [0.5, 0.6) is 5.75 Å². The van der Waals surface area contributed by atoms with Crippen LogP contribution >= 0.6 is 0 Å². The summed E-state index contributed by atoms with van der Waals surface area (Å²) in [5.74, 6) is -0.00448. The molecule has 2 aromatic carbocycles. The summed E-state index contributed by atoms with van der Waals surface area (Å²) < 4.78 is 5.11. The molecule has 0 aromatic heterocycles. The Balaban J connectivity index is 2.02. The van der Waals surface area contributed by atoms with Crippen LogP contribution in [0.15, 0.2) is 48.5 Å². The number of ether oxygens (including phenoxy) is 1. The molecule has 0 bridgehead atoms. The van der Waals surface area contributed by atoms with Crippen LogP contribution in [0.3, 0.4) is 0 Å². The highest BCUT2D eigenvalue weighted by Gasteiger charge is 2.24. The van der Waals surface area contributed by atoms with Crippen molar-refractivity contribution in [3.63, 3.8) is 0 Å². The summed E-state index contributed by atoms with van der Waals surface area (Å²) in [7, 11) is 1.53. The van der Waals surface area contributed by atoms with Crippen LogP contribution in [0.4, 0.5) is 11.4 Å². The SMILES string of the molecule is COc1ccc(NC(=O)C(NC(=O)Cc2ccccc2)C(C)C)cc1N. The normalized spacial score (nSPS) is 11.7. The van der Waals surface area contributed by atoms with Gasteiger partial charge in [0.25, 0.3) is 0 Å². The van der Waals surface area contributed by atoms with Crippen molar-refractivity contribution in [3.8, 4) is 5.75 Å². The molecule has 6 nitrogen and oxygen atoms in total. The Hall–Kier alpha value is -3.02. The lowest BCUT2D eigenvalue weighted by molar-refractivity contribution is -0.127. The fraction of sp³-hybridized carbons (Fsp3) is 0.300. The number of hydrogen-bond acceptors (Lipinski definition) is 4. The molecule has 2 amide bonds. The van der Waals surface area contributed by atoms with Gasteiger partial charge in [-0.3, -0.25) is 9.59 Å². The highest BCUT2D eigenvalue weighted by molar-refractivity contribution is 5.98. The molecule has 0 fully saturated rings. The van der Waals surface area contributed by atoms with Crippen molar-refractivity contribution in [3.05, 3.63) is 54.1 Å². The number of amides is 2. The third kappa shape index (κ3) is 5.24. The molecule has 1 unspecified atom stereocenters. The molecule has 4 N–H and O–H groups in total. The van der Waals surface area contributed by atoms with Crippen molar-refractivity contribution < 1.29 is 14.3 Å². The van der Waals surface area contributed by atoms with E-state index < -0.39 is 6.04 Å². The number of nitrogen functional groups attached to an aromatic ring is 1. The summed E-state index contributed by atoms with van der Waals surface area (Å²) in [6.07, 6.45) is 0.229. The molecule has 0 spiro atoms. The first-order chi connectivity index (χ1) is 12.4. The highest BCUT2D eigenvalue weighted by atomic mass is 16.5. The minimum absolute atomic E-state index is 0.0645. The first-order valence-electron chi connectivity index (χ1n) is 8.48. The molecule has 0 radical (unpaired) electrons. The van der Waals surface area contributed by atoms with Crippen LogP contribution in [0.2, 0.25) is 0 Å². The van der Waals surface area contributed by atoms with E-state index in [0.29, 0.717) is 17.1 Å². The molecular formula is C20H25N3O3. The summed E-state index contributed by atoms with van der Waals surface area (Å²) in [6.45, 7) is 3.77. The van der Waals surface area contributed by atoms with E-state index >= 15 is 0 Å². The molecule has 26 heavy (non-hydrogen) atoms. The number of hydrogen-bond donors (Lipinski definition) is 3. The second-order valence-electron chi connectivity index (χ2n) is 6.40. The van der Waals surface area contributed by atoms with Crippen LogP contribution in [-0.4, -0.2) is 25.0 Å². The van der Waals surface area contributed by atoms with Gasteiger partial charge in [0.05, 0.1) is 19.2 Å². The highest BCUT2D eigenvalue weighted by Crippen LogP contribution is 2.24. The van der Waals surface area contributed by atoms with Crippen molar-refractivity contribution >= 4 is 23.2 Å². The number of methoxy groups -OCH3 is 1. The molecule has 138 valence electrons. The van der Waals surface area contributed by atoms with Gasteiger partial charge in [-0.15, -0.1) is 0 Å². The van der Waals surface area contributed by atoms with Gasteiger partial charge in [-0.25, -0.2) is 0 Å². The van der Waals surface area contributed by atoms with Crippen molar-refractivity contribution in [2.24, 2.45) is 5.92 Å². The molecule has 0 aliphatic rings. The zero-order chi connectivity index (χ0) is 19.1. The lowest BCUT2D eigenvalue weighted by Crippen LogP contribution is -2.47. The number of carbonyl (C=O) groups excluding carboxylic acids is 2. The van der Waals surface area contributed by atoms with E-state index in [2.05, 4.69) is 10.6 Å². The molecule has 0 saturated carbocycles. The molecular weight excluding hydrogens is 330 g/mol. The summed E-state index contributed by atoms with van der Waals surface area (Å²) in [6, 6.07) is 13.8. The molecule has 2 aromatic rings. The second-order valence-corrected chi connectivity index (χ2v) is 6.40. The molecule has 0 heterocycles. The smallest absolute Gasteiger partial charge is 0.247 e. The van der Waals surface area contributed by atoms with Gasteiger partial charge in [0.15, 0.2) is 0 Å². The van der Waals surface area contributed by atoms with E-state index in [1.54, 1.807) is 18.2 Å². The number of carbonyl (C=O) groups is 2. The Kier molecular flexibility index (Phi) is 6.60. The average molecular weight is 355 g/mol. The van der Waals surface area contributed by atoms with E-state index in [-0.39, 0.29) is 24.2 Å². The topological polar surface area (TPSA) is 93.5 Å². The third-order valence-corrected chi connectivity index (χ3v) is 3.97. The maximum atomic E-state index is 12.6. The largest absolute Gasteiger partial charge is 0.495 e. The summed E-state index contributed by atoms with van der Waals surface area (Å²) in [4.78, 5) is 24.9. The van der Waals surface area contributed by atoms with Crippen molar-refractivity contribution in [2.75, 3.05) is 18.2 Å². The van der Waals surface area contributed by atoms with Gasteiger partial charge in [0.2, 0.25) is 11.8 Å². The first-order valence-corrected chi connectivity index (χ1v) is 8.48. The molecule has 2 rings (SSSR count). The van der Waals surface area contributed by atoms with Crippen molar-refractivity contribution in [1.29, 1.82) is 0 Å². The van der Waals surface area contributed by atoms with Crippen LogP contribution in [0.25, 0.3) is 0 Å². The lowest BCUT2D eigenvalue weighted by Gasteiger charge is -2.22. The minimum atomic E-state index is -0.644. The van der Waals surface area contributed by atoms with E-state index in [4.69, 9.17) is 10.5 Å². The van der Waals surface area contributed by atoms with Gasteiger partial charge in [-0.05, 0) is 29.7 Å². The average Bonchev–Trinajstić information content (AvgIpc) is 2.60. The first kappa shape index (κ1) is 19.3. The third-order valence-electron chi connectivity index (χ3n) is 3.97. The monoisotopic (exact) mass is 355 g/mol. The van der Waals surface area contributed by atoms with Gasteiger partial charge in [0, 0.05) is 5.69 Å². The number of nitrogens with one attached hydrogen (secondary N) is 2. The van der Waals surface area contributed by atoms with Crippen LogP contribution in [0.1, 0.15) is 19.4 Å². The maximum Gasteiger partial charge on any atom is 0.247 e. The Labute approximate surface area is 153 Å². The van der Waals surface area contributed by atoms with Crippen LogP contribution < -0.4 is 21.1 Å². The number of rotatable bonds is 7. The predicted molar refractivity (Wildman–Crippen MR) is 103 cm³/mol. The Morgan fingerprint density at radius 1 is 1.12 bits per heavy atom. The molecule has 6 heteroatoms. The van der Waals surface area contributed by atoms with E-state index in [0.717, 1.165) is 5.56 Å². The molecule has 0 saturated heterocycles. The summed E-state index contributed by atoms with van der Waals surface area (Å²) in [5.41, 5.74) is 7.75. The second kappa shape index (κ2) is 8.89. The van der Waals surface area contributed by atoms with Gasteiger partial charge in [0.1, 0.15) is 11.8 Å². The Morgan fingerprint density at radius 2 is 1.81 bits per heavy atom. The van der Waals surface area contributed by atoms with E-state index in [9.17, 15) is 9.59 Å². The summed E-state index contributed by atoms with van der Waals surface area (Å²) >= 11 is 0. The van der Waals surface area contributed by atoms with Crippen LogP contribution in [-0.2, 0) is 16.0 Å². The Bertz CT molecular complexity index is 760. The van der Waals surface area contributed by atoms with Crippen LogP contribution in [0, 0.1) is 5.92 Å². The van der Waals surface area contributed by atoms with Gasteiger partial charge in [-0.1, -0.05) is 44.2 Å². The standard InChI is InChI=1S/C20H25N3O3/c1-13(2)19(23-18(24)11-14-7-5-4-6-8-14)20(25)22-15-9-10-17(26-3)16(21)12-15/h4-10,12-13,19H,11,21H2,1-3H3,(H,22,25)(H,23,24). The molecule has 0 aliphatic carbocycles.